The minimum atomic E-state index is 0.209. The van der Waals surface area contributed by atoms with Crippen LogP contribution in [0.15, 0.2) is 78.0 Å². The maximum atomic E-state index is 5.52. The zero-order valence-electron chi connectivity index (χ0n) is 17.8. The van der Waals surface area contributed by atoms with Crippen LogP contribution in [0.3, 0.4) is 0 Å². The van der Waals surface area contributed by atoms with Crippen LogP contribution in [0.5, 0.6) is 0 Å². The van der Waals surface area contributed by atoms with Gasteiger partial charge >= 0.3 is 0 Å². The molecule has 0 bridgehead atoms. The lowest BCUT2D eigenvalue weighted by molar-refractivity contribution is 0.394. The van der Waals surface area contributed by atoms with Crippen LogP contribution in [0.25, 0.3) is 28.1 Å². The fourth-order valence-electron chi connectivity index (χ4n) is 4.15. The highest BCUT2D eigenvalue weighted by Crippen LogP contribution is 2.37. The van der Waals surface area contributed by atoms with Crippen molar-refractivity contribution in [2.24, 2.45) is 0 Å². The van der Waals surface area contributed by atoms with Gasteiger partial charge in [-0.25, -0.2) is 0 Å². The molecule has 4 heterocycles. The van der Waals surface area contributed by atoms with Crippen LogP contribution in [0, 0.1) is 0 Å². The van der Waals surface area contributed by atoms with Gasteiger partial charge in [-0.3, -0.25) is 4.98 Å². The third kappa shape index (κ3) is 3.56. The zero-order chi connectivity index (χ0) is 21.5. The summed E-state index contributed by atoms with van der Waals surface area (Å²) in [5.41, 5.74) is 6.05. The van der Waals surface area contributed by atoms with Gasteiger partial charge in [0.15, 0.2) is 11.4 Å². The molecule has 1 N–H and O–H groups in total. The molecule has 1 atom stereocenters. The highest BCUT2D eigenvalue weighted by atomic mass is 16.3. The number of furan rings is 1. The van der Waals surface area contributed by atoms with E-state index in [2.05, 4.69) is 79.6 Å². The number of pyridine rings is 1. The number of hydrogen-bond donors (Lipinski definition) is 1. The van der Waals surface area contributed by atoms with Crippen LogP contribution < -0.4 is 5.32 Å². The van der Waals surface area contributed by atoms with E-state index < -0.39 is 0 Å². The Morgan fingerprint density at radius 1 is 1.16 bits per heavy atom. The van der Waals surface area contributed by atoms with Gasteiger partial charge in [-0.2, -0.15) is 0 Å². The first-order valence-corrected chi connectivity index (χ1v) is 10.9. The maximum Gasteiger partial charge on any atom is 0.164 e. The van der Waals surface area contributed by atoms with E-state index >= 15 is 0 Å². The molecular weight excluding hydrogens is 400 g/mol. The van der Waals surface area contributed by atoms with Crippen molar-refractivity contribution in [2.75, 3.05) is 18.9 Å². The Labute approximate surface area is 186 Å². The first-order chi connectivity index (χ1) is 15.7. The van der Waals surface area contributed by atoms with E-state index in [0.717, 1.165) is 45.9 Å². The van der Waals surface area contributed by atoms with Gasteiger partial charge in [-0.05, 0) is 48.9 Å². The van der Waals surface area contributed by atoms with E-state index in [4.69, 9.17) is 4.42 Å². The number of aromatic nitrogens is 4. The molecule has 160 valence electrons. The summed E-state index contributed by atoms with van der Waals surface area (Å²) in [5, 5.41) is 12.1. The Kier molecular flexibility index (Phi) is 4.52. The van der Waals surface area contributed by atoms with Gasteiger partial charge in [-0.1, -0.05) is 18.2 Å². The summed E-state index contributed by atoms with van der Waals surface area (Å²) >= 11 is 0. The highest BCUT2D eigenvalue weighted by molar-refractivity contribution is 5.82. The lowest BCUT2D eigenvalue weighted by atomic mass is 10.0. The highest BCUT2D eigenvalue weighted by Gasteiger charge is 2.26. The van der Waals surface area contributed by atoms with Crippen LogP contribution >= 0.6 is 0 Å². The predicted molar refractivity (Wildman–Crippen MR) is 125 cm³/mol. The Morgan fingerprint density at radius 2 is 2.09 bits per heavy atom. The van der Waals surface area contributed by atoms with Crippen molar-refractivity contribution in [3.8, 4) is 11.4 Å². The van der Waals surface area contributed by atoms with Gasteiger partial charge in [0.05, 0.1) is 12.3 Å². The second kappa shape index (κ2) is 7.67. The molecule has 3 aromatic heterocycles. The number of nitrogens with one attached hydrogen (secondary N) is 1. The van der Waals surface area contributed by atoms with Gasteiger partial charge < -0.3 is 19.2 Å². The maximum absolute atomic E-state index is 5.52. The van der Waals surface area contributed by atoms with Crippen LogP contribution in [0.1, 0.15) is 24.4 Å². The number of nitrogens with zero attached hydrogens (tertiary/aromatic N) is 5. The molecule has 2 aliphatic rings. The summed E-state index contributed by atoms with van der Waals surface area (Å²) < 4.78 is 7.72. The van der Waals surface area contributed by atoms with Crippen molar-refractivity contribution < 1.29 is 4.42 Å². The molecule has 32 heavy (non-hydrogen) atoms. The Hall–Kier alpha value is -3.87. The molecule has 6 rings (SSSR count). The number of fused-ring (bicyclic) bond motifs is 1. The first kappa shape index (κ1) is 18.9. The minimum Gasteiger partial charge on any atom is -0.463 e. The van der Waals surface area contributed by atoms with Gasteiger partial charge in [0, 0.05) is 48.7 Å². The number of anilines is 1. The quantitative estimate of drug-likeness (QED) is 0.482. The molecule has 1 aliphatic heterocycles. The lowest BCUT2D eigenvalue weighted by Gasteiger charge is -2.29. The summed E-state index contributed by atoms with van der Waals surface area (Å²) in [5.74, 6) is 0.942. The van der Waals surface area contributed by atoms with Crippen molar-refractivity contribution in [3.05, 3.63) is 79.1 Å². The van der Waals surface area contributed by atoms with E-state index in [1.807, 2.05) is 24.7 Å². The summed E-state index contributed by atoms with van der Waals surface area (Å²) in [4.78, 5) is 6.71. The number of allylic oxidation sites excluding steroid dienone is 2. The monoisotopic (exact) mass is 424 g/mol. The van der Waals surface area contributed by atoms with E-state index in [1.54, 1.807) is 6.26 Å². The van der Waals surface area contributed by atoms with Crippen LogP contribution in [0.4, 0.5) is 5.69 Å². The van der Waals surface area contributed by atoms with Crippen molar-refractivity contribution in [1.29, 1.82) is 0 Å². The Balaban J connectivity index is 1.20. The van der Waals surface area contributed by atoms with Crippen molar-refractivity contribution in [3.63, 3.8) is 0 Å². The molecule has 7 nitrogen and oxygen atoms in total. The van der Waals surface area contributed by atoms with Gasteiger partial charge in [0.25, 0.3) is 0 Å². The second-order valence-electron chi connectivity index (χ2n) is 8.45. The fourth-order valence-corrected chi connectivity index (χ4v) is 4.15. The molecule has 0 radical (unpaired) electrons. The summed E-state index contributed by atoms with van der Waals surface area (Å²) in [7, 11) is 2.10. The molecule has 1 aromatic carbocycles. The van der Waals surface area contributed by atoms with E-state index in [1.165, 1.54) is 12.8 Å². The molecule has 7 heteroatoms. The van der Waals surface area contributed by atoms with Crippen LogP contribution in [0.2, 0.25) is 0 Å². The molecule has 1 aliphatic carbocycles. The molecule has 1 saturated carbocycles. The van der Waals surface area contributed by atoms with Crippen LogP contribution in [-0.4, -0.2) is 44.3 Å². The number of rotatable bonds is 6. The largest absolute Gasteiger partial charge is 0.463 e. The Morgan fingerprint density at radius 3 is 3.00 bits per heavy atom. The fraction of sp³-hybridized carbons (Fsp3) is 0.240. The van der Waals surface area contributed by atoms with E-state index in [0.29, 0.717) is 6.04 Å². The number of likely N-dealkylation sites (N-methyl/N-ethyl adjacent to an activating group) is 1. The average molecular weight is 425 g/mol. The number of hydrogen-bond acceptors (Lipinski definition) is 6. The molecule has 0 amide bonds. The summed E-state index contributed by atoms with van der Waals surface area (Å²) in [6.07, 6.45) is 14.3. The lowest BCUT2D eigenvalue weighted by Crippen LogP contribution is -2.33. The smallest absolute Gasteiger partial charge is 0.164 e. The average Bonchev–Trinajstić information content (AvgIpc) is 3.35. The third-order valence-corrected chi connectivity index (χ3v) is 6.17. The van der Waals surface area contributed by atoms with Crippen molar-refractivity contribution in [1.82, 2.24) is 24.6 Å². The third-order valence-electron chi connectivity index (χ3n) is 6.17. The van der Waals surface area contributed by atoms with Crippen molar-refractivity contribution >= 4 is 22.4 Å². The molecule has 0 spiro atoms. The van der Waals surface area contributed by atoms with E-state index in [-0.39, 0.29) is 6.04 Å². The topological polar surface area (TPSA) is 72.0 Å². The van der Waals surface area contributed by atoms with Gasteiger partial charge in [0.1, 0.15) is 11.8 Å². The number of benzene rings is 1. The molecule has 4 aromatic rings. The summed E-state index contributed by atoms with van der Waals surface area (Å²) in [6, 6.07) is 13.1. The van der Waals surface area contributed by atoms with E-state index in [9.17, 15) is 0 Å². The van der Waals surface area contributed by atoms with Gasteiger partial charge in [-0.15, -0.1) is 10.2 Å². The standard InChI is InChI=1S/C25H24N6O/c1-30-9-7-17(19-13-24-23(27-14-19)8-10-32-24)12-22(30)15-26-20-4-2-3-18(11-20)25-29-28-16-31(25)21-5-6-21/h2-4,7-14,16,21-22,26H,5-6,15H2,1H3. The van der Waals surface area contributed by atoms with Gasteiger partial charge in [0.2, 0.25) is 0 Å². The Bertz CT molecular complexity index is 1330. The molecule has 1 fully saturated rings. The van der Waals surface area contributed by atoms with Crippen LogP contribution in [-0.2, 0) is 0 Å². The van der Waals surface area contributed by atoms with Crippen molar-refractivity contribution in [2.45, 2.75) is 24.9 Å². The first-order valence-electron chi connectivity index (χ1n) is 10.9. The second-order valence-corrected chi connectivity index (χ2v) is 8.45. The molecule has 1 unspecified atom stereocenters. The molecule has 0 saturated heterocycles. The molecular formula is C25H24N6O. The normalized spacial score (nSPS) is 18.2. The minimum absolute atomic E-state index is 0.209. The predicted octanol–water partition coefficient (Wildman–Crippen LogP) is 4.74. The SMILES string of the molecule is CN1C=CC(c2cnc3ccoc3c2)=CC1CNc1cccc(-c2nncn2C2CC2)c1. The zero-order valence-corrected chi connectivity index (χ0v) is 17.8. The summed E-state index contributed by atoms with van der Waals surface area (Å²) in [6.45, 7) is 0.777.